The van der Waals surface area contributed by atoms with Crippen LogP contribution in [0.5, 0.6) is 0 Å². The maximum absolute atomic E-state index is 13.4. The van der Waals surface area contributed by atoms with Crippen LogP contribution in [0.1, 0.15) is 16.6 Å². The molecule has 6 nitrogen and oxygen atoms in total. The van der Waals surface area contributed by atoms with Crippen LogP contribution in [-0.2, 0) is 0 Å². The number of amides is 2. The van der Waals surface area contributed by atoms with Crippen LogP contribution in [0, 0.1) is 12.7 Å². The van der Waals surface area contributed by atoms with Crippen molar-refractivity contribution >= 4 is 34.1 Å². The zero-order valence-electron chi connectivity index (χ0n) is 10.9. The molecule has 2 aromatic rings. The molecule has 2 amide bonds. The molecule has 1 atom stereocenters. The standard InChI is InChI=1S/C12H12ClFN4O2S/c1-6-17-18-12(21-6)16-11(20)15-10(5-19)7-2-3-8(13)9(14)4-7/h2-4,10,19H,5H2,1H3,(H2,15,16,18,20). The van der Waals surface area contributed by atoms with E-state index in [1.54, 1.807) is 6.92 Å². The van der Waals surface area contributed by atoms with Gasteiger partial charge in [0.15, 0.2) is 0 Å². The van der Waals surface area contributed by atoms with Crippen LogP contribution in [0.3, 0.4) is 0 Å². The van der Waals surface area contributed by atoms with Crippen molar-refractivity contribution in [3.63, 3.8) is 0 Å². The van der Waals surface area contributed by atoms with Crippen LogP contribution in [-0.4, -0.2) is 27.9 Å². The molecule has 0 fully saturated rings. The van der Waals surface area contributed by atoms with Crippen molar-refractivity contribution in [1.82, 2.24) is 15.5 Å². The Balaban J connectivity index is 2.04. The number of nitrogens with zero attached hydrogens (tertiary/aromatic N) is 2. The highest BCUT2D eigenvalue weighted by Crippen LogP contribution is 2.20. The normalized spacial score (nSPS) is 12.0. The van der Waals surface area contributed by atoms with Gasteiger partial charge in [0.25, 0.3) is 0 Å². The highest BCUT2D eigenvalue weighted by molar-refractivity contribution is 7.15. The van der Waals surface area contributed by atoms with Gasteiger partial charge in [0.1, 0.15) is 10.8 Å². The molecule has 0 aliphatic carbocycles. The van der Waals surface area contributed by atoms with Crippen LogP contribution in [0.4, 0.5) is 14.3 Å². The molecular weight excluding hydrogens is 319 g/mol. The first kappa shape index (κ1) is 15.6. The molecule has 9 heteroatoms. The van der Waals surface area contributed by atoms with Gasteiger partial charge in [0, 0.05) is 0 Å². The summed E-state index contributed by atoms with van der Waals surface area (Å²) in [7, 11) is 0. The largest absolute Gasteiger partial charge is 0.394 e. The molecule has 1 aromatic carbocycles. The number of anilines is 1. The molecule has 112 valence electrons. The molecule has 1 aromatic heterocycles. The Bertz CT molecular complexity index is 652. The minimum atomic E-state index is -0.759. The molecule has 1 unspecified atom stereocenters. The van der Waals surface area contributed by atoms with Gasteiger partial charge in [-0.1, -0.05) is 29.0 Å². The zero-order valence-corrected chi connectivity index (χ0v) is 12.5. The topological polar surface area (TPSA) is 87.1 Å². The number of hydrogen-bond acceptors (Lipinski definition) is 5. The summed E-state index contributed by atoms with van der Waals surface area (Å²) < 4.78 is 13.4. The van der Waals surface area contributed by atoms with E-state index in [0.29, 0.717) is 15.7 Å². The number of rotatable bonds is 4. The number of carbonyl (C=O) groups excluding carboxylic acids is 1. The second-order valence-corrected chi connectivity index (χ2v) is 5.72. The number of aryl methyl sites for hydroxylation is 1. The molecule has 0 radical (unpaired) electrons. The minimum absolute atomic E-state index is 0.0239. The average molecular weight is 331 g/mol. The first-order valence-corrected chi connectivity index (χ1v) is 7.12. The van der Waals surface area contributed by atoms with Gasteiger partial charge in [-0.05, 0) is 24.6 Å². The van der Waals surface area contributed by atoms with Gasteiger partial charge in [-0.3, -0.25) is 5.32 Å². The molecule has 3 N–H and O–H groups in total. The monoisotopic (exact) mass is 330 g/mol. The molecule has 2 rings (SSSR count). The summed E-state index contributed by atoms with van der Waals surface area (Å²) in [6.45, 7) is 1.37. The van der Waals surface area contributed by atoms with E-state index in [1.807, 2.05) is 0 Å². The number of benzene rings is 1. The third-order valence-electron chi connectivity index (χ3n) is 2.58. The lowest BCUT2D eigenvalue weighted by molar-refractivity contribution is 0.225. The smallest absolute Gasteiger partial charge is 0.321 e. The van der Waals surface area contributed by atoms with Crippen molar-refractivity contribution in [2.75, 3.05) is 11.9 Å². The van der Waals surface area contributed by atoms with Crippen molar-refractivity contribution in [2.45, 2.75) is 13.0 Å². The van der Waals surface area contributed by atoms with Gasteiger partial charge in [0.05, 0.1) is 17.7 Å². The lowest BCUT2D eigenvalue weighted by atomic mass is 10.1. The molecule has 0 aliphatic rings. The van der Waals surface area contributed by atoms with Crippen LogP contribution in [0.2, 0.25) is 5.02 Å². The quantitative estimate of drug-likeness (QED) is 0.803. The van der Waals surface area contributed by atoms with Gasteiger partial charge in [-0.2, -0.15) is 0 Å². The predicted molar refractivity (Wildman–Crippen MR) is 78.0 cm³/mol. The van der Waals surface area contributed by atoms with Crippen molar-refractivity contribution in [3.05, 3.63) is 39.6 Å². The Hall–Kier alpha value is -1.77. The van der Waals surface area contributed by atoms with E-state index in [4.69, 9.17) is 11.6 Å². The van der Waals surface area contributed by atoms with E-state index >= 15 is 0 Å². The SMILES string of the molecule is Cc1nnc(NC(=O)NC(CO)c2ccc(Cl)c(F)c2)s1. The Morgan fingerprint density at radius 1 is 1.52 bits per heavy atom. The fourth-order valence-electron chi connectivity index (χ4n) is 1.60. The highest BCUT2D eigenvalue weighted by atomic mass is 35.5. The Kier molecular flexibility index (Phi) is 5.05. The molecule has 1 heterocycles. The number of aromatic nitrogens is 2. The van der Waals surface area contributed by atoms with E-state index in [0.717, 1.165) is 0 Å². The lowest BCUT2D eigenvalue weighted by Crippen LogP contribution is -2.34. The van der Waals surface area contributed by atoms with E-state index in [-0.39, 0.29) is 11.6 Å². The Labute approximate surface area is 129 Å². The second kappa shape index (κ2) is 6.79. The number of carbonyl (C=O) groups is 1. The van der Waals surface area contributed by atoms with E-state index in [1.165, 1.54) is 29.5 Å². The van der Waals surface area contributed by atoms with E-state index in [9.17, 15) is 14.3 Å². The molecule has 0 saturated heterocycles. The summed E-state index contributed by atoms with van der Waals surface area (Å²) in [6, 6.07) is 2.73. The van der Waals surface area contributed by atoms with Crippen LogP contribution >= 0.6 is 22.9 Å². The van der Waals surface area contributed by atoms with Gasteiger partial charge in [-0.15, -0.1) is 10.2 Å². The maximum Gasteiger partial charge on any atom is 0.321 e. The van der Waals surface area contributed by atoms with Crippen molar-refractivity contribution in [1.29, 1.82) is 0 Å². The first-order chi connectivity index (χ1) is 9.99. The third kappa shape index (κ3) is 4.10. The van der Waals surface area contributed by atoms with Crippen LogP contribution in [0.25, 0.3) is 0 Å². The van der Waals surface area contributed by atoms with E-state index < -0.39 is 17.9 Å². The first-order valence-electron chi connectivity index (χ1n) is 5.93. The summed E-state index contributed by atoms with van der Waals surface area (Å²) in [5.41, 5.74) is 0.406. The van der Waals surface area contributed by atoms with Crippen LogP contribution in [0.15, 0.2) is 18.2 Å². The fourth-order valence-corrected chi connectivity index (χ4v) is 2.31. The highest BCUT2D eigenvalue weighted by Gasteiger charge is 2.16. The molecule has 0 bridgehead atoms. The fraction of sp³-hybridized carbons (Fsp3) is 0.250. The second-order valence-electron chi connectivity index (χ2n) is 4.13. The maximum atomic E-state index is 13.4. The average Bonchev–Trinajstić information content (AvgIpc) is 2.84. The van der Waals surface area contributed by atoms with E-state index in [2.05, 4.69) is 20.8 Å². The number of urea groups is 1. The summed E-state index contributed by atoms with van der Waals surface area (Å²) in [5, 5.41) is 22.9. The van der Waals surface area contributed by atoms with Gasteiger partial charge < -0.3 is 10.4 Å². The molecule has 21 heavy (non-hydrogen) atoms. The minimum Gasteiger partial charge on any atom is -0.394 e. The van der Waals surface area contributed by atoms with Crippen LogP contribution < -0.4 is 10.6 Å². The summed E-state index contributed by atoms with van der Waals surface area (Å²) in [6.07, 6.45) is 0. The molecular formula is C12H12ClFN4O2S. The zero-order chi connectivity index (χ0) is 15.4. The Morgan fingerprint density at radius 2 is 2.29 bits per heavy atom. The third-order valence-corrected chi connectivity index (χ3v) is 3.64. The van der Waals surface area contributed by atoms with Crippen molar-refractivity contribution in [3.8, 4) is 0 Å². The number of aliphatic hydroxyl groups excluding tert-OH is 1. The lowest BCUT2D eigenvalue weighted by Gasteiger charge is -2.16. The molecule has 0 spiro atoms. The Morgan fingerprint density at radius 3 is 2.86 bits per heavy atom. The van der Waals surface area contributed by atoms with Crippen molar-refractivity contribution < 1.29 is 14.3 Å². The summed E-state index contributed by atoms with van der Waals surface area (Å²) >= 11 is 6.81. The number of nitrogens with one attached hydrogen (secondary N) is 2. The van der Waals surface area contributed by atoms with Crippen molar-refractivity contribution in [2.24, 2.45) is 0 Å². The molecule has 0 aliphatic heterocycles. The number of hydrogen-bond donors (Lipinski definition) is 3. The van der Waals surface area contributed by atoms with Gasteiger partial charge >= 0.3 is 6.03 Å². The molecule has 0 saturated carbocycles. The number of aliphatic hydroxyl groups is 1. The van der Waals surface area contributed by atoms with Gasteiger partial charge in [0.2, 0.25) is 5.13 Å². The predicted octanol–water partition coefficient (Wildman–Crippen LogP) is 2.49. The number of halogens is 2. The van der Waals surface area contributed by atoms with Gasteiger partial charge in [-0.25, -0.2) is 9.18 Å². The summed E-state index contributed by atoms with van der Waals surface area (Å²) in [4.78, 5) is 11.8. The summed E-state index contributed by atoms with van der Waals surface area (Å²) in [5.74, 6) is -0.616.